The molecule has 0 amide bonds. The van der Waals surface area contributed by atoms with Gasteiger partial charge >= 0.3 is 0 Å². The molecule has 0 unspecified atom stereocenters. The Kier molecular flexibility index (Phi) is 4.59. The van der Waals surface area contributed by atoms with Crippen LogP contribution in [0.1, 0.15) is 0 Å². The highest BCUT2D eigenvalue weighted by molar-refractivity contribution is 7.24. The molecule has 0 saturated heterocycles. The van der Waals surface area contributed by atoms with Crippen LogP contribution in [-0.4, -0.2) is 34.6 Å². The minimum absolute atomic E-state index is 0.757. The van der Waals surface area contributed by atoms with Gasteiger partial charge in [-0.25, -0.2) is 0 Å². The van der Waals surface area contributed by atoms with Crippen molar-refractivity contribution in [3.8, 4) is 42.7 Å². The Balaban J connectivity index is 1.58. The van der Waals surface area contributed by atoms with E-state index in [0.717, 1.165) is 42.7 Å². The average molecular weight is 382 g/mol. The van der Waals surface area contributed by atoms with Gasteiger partial charge in [-0.3, -0.25) is 0 Å². The first kappa shape index (κ1) is 16.6. The van der Waals surface area contributed by atoms with E-state index in [2.05, 4.69) is 20.4 Å². The molecule has 0 spiro atoms. The molecule has 4 aromatic rings. The molecule has 0 aliphatic heterocycles. The highest BCUT2D eigenvalue weighted by atomic mass is 32.1. The highest BCUT2D eigenvalue weighted by Gasteiger charge is 2.14. The lowest BCUT2D eigenvalue weighted by molar-refractivity contribution is 0.415. The van der Waals surface area contributed by atoms with Gasteiger partial charge in [0.2, 0.25) is 0 Å². The molecule has 0 radical (unpaired) electrons. The molecule has 8 heteroatoms. The zero-order valence-electron chi connectivity index (χ0n) is 14.0. The van der Waals surface area contributed by atoms with Crippen molar-refractivity contribution < 1.29 is 9.47 Å². The van der Waals surface area contributed by atoms with E-state index in [4.69, 9.17) is 9.47 Å². The Labute approximate surface area is 158 Å². The average Bonchev–Trinajstić information content (AvgIpc) is 3.38. The van der Waals surface area contributed by atoms with Gasteiger partial charge in [-0.15, -0.1) is 20.4 Å². The van der Waals surface area contributed by atoms with Crippen molar-refractivity contribution in [2.45, 2.75) is 0 Å². The van der Waals surface area contributed by atoms with Gasteiger partial charge in [0.1, 0.15) is 21.5 Å². The van der Waals surface area contributed by atoms with E-state index in [1.807, 2.05) is 48.5 Å². The van der Waals surface area contributed by atoms with Gasteiger partial charge in [0.25, 0.3) is 0 Å². The van der Waals surface area contributed by atoms with Gasteiger partial charge < -0.3 is 9.47 Å². The van der Waals surface area contributed by atoms with Gasteiger partial charge in [-0.1, -0.05) is 22.7 Å². The molecule has 130 valence electrons. The number of benzene rings is 2. The van der Waals surface area contributed by atoms with Crippen LogP contribution in [0.5, 0.6) is 11.5 Å². The molecule has 2 aromatic heterocycles. The standard InChI is InChI=1S/C18H14N4O2S2/c1-23-13-7-3-11(4-8-13)15-19-21-17(25-15)18-22-20-16(26-18)12-5-9-14(24-2)10-6-12/h3-10H,1-2H3. The van der Waals surface area contributed by atoms with Crippen LogP contribution in [0.25, 0.3) is 31.2 Å². The zero-order valence-corrected chi connectivity index (χ0v) is 15.7. The number of aromatic nitrogens is 4. The van der Waals surface area contributed by atoms with Gasteiger partial charge in [0.05, 0.1) is 14.2 Å². The van der Waals surface area contributed by atoms with Crippen LogP contribution in [0.15, 0.2) is 48.5 Å². The molecule has 26 heavy (non-hydrogen) atoms. The third-order valence-electron chi connectivity index (χ3n) is 3.71. The summed E-state index contributed by atoms with van der Waals surface area (Å²) < 4.78 is 10.4. The van der Waals surface area contributed by atoms with Crippen molar-refractivity contribution in [1.29, 1.82) is 0 Å². The summed E-state index contributed by atoms with van der Waals surface area (Å²) in [5.41, 5.74) is 1.99. The van der Waals surface area contributed by atoms with E-state index in [0.29, 0.717) is 0 Å². The summed E-state index contributed by atoms with van der Waals surface area (Å²) in [6.07, 6.45) is 0. The summed E-state index contributed by atoms with van der Waals surface area (Å²) in [6.45, 7) is 0. The van der Waals surface area contributed by atoms with Crippen molar-refractivity contribution in [2.24, 2.45) is 0 Å². The third-order valence-corrected chi connectivity index (χ3v) is 5.79. The molecule has 0 saturated carbocycles. The zero-order chi connectivity index (χ0) is 17.9. The van der Waals surface area contributed by atoms with Crippen molar-refractivity contribution >= 4 is 22.7 Å². The van der Waals surface area contributed by atoms with Crippen molar-refractivity contribution in [3.63, 3.8) is 0 Å². The second-order valence-corrected chi connectivity index (χ2v) is 7.24. The molecule has 4 rings (SSSR count). The minimum atomic E-state index is 0.757. The van der Waals surface area contributed by atoms with Gasteiger partial charge in [-0.2, -0.15) is 0 Å². The molecule has 2 aromatic carbocycles. The van der Waals surface area contributed by atoms with Crippen LogP contribution in [-0.2, 0) is 0 Å². The number of methoxy groups -OCH3 is 2. The second kappa shape index (κ2) is 7.19. The van der Waals surface area contributed by atoms with Crippen LogP contribution in [0, 0.1) is 0 Å². The molecule has 6 nitrogen and oxygen atoms in total. The van der Waals surface area contributed by atoms with E-state index in [1.165, 1.54) is 22.7 Å². The molecule has 0 bridgehead atoms. The Bertz CT molecular complexity index is 927. The first-order valence-corrected chi connectivity index (χ1v) is 9.36. The van der Waals surface area contributed by atoms with Gasteiger partial charge in [0.15, 0.2) is 10.0 Å². The Morgan fingerprint density at radius 2 is 0.885 bits per heavy atom. The van der Waals surface area contributed by atoms with Crippen LogP contribution in [0.3, 0.4) is 0 Å². The predicted molar refractivity (Wildman–Crippen MR) is 103 cm³/mol. The predicted octanol–water partition coefficient (Wildman–Crippen LogP) is 4.41. The number of hydrogen-bond acceptors (Lipinski definition) is 8. The fourth-order valence-corrected chi connectivity index (χ4v) is 4.03. The number of nitrogens with zero attached hydrogens (tertiary/aromatic N) is 4. The Morgan fingerprint density at radius 3 is 1.23 bits per heavy atom. The van der Waals surface area contributed by atoms with Gasteiger partial charge in [0, 0.05) is 11.1 Å². The van der Waals surface area contributed by atoms with E-state index in [-0.39, 0.29) is 0 Å². The molecule has 0 fully saturated rings. The first-order chi connectivity index (χ1) is 12.8. The van der Waals surface area contributed by atoms with Crippen molar-refractivity contribution in [2.75, 3.05) is 14.2 Å². The van der Waals surface area contributed by atoms with Crippen LogP contribution in [0.4, 0.5) is 0 Å². The number of rotatable bonds is 5. The SMILES string of the molecule is COc1ccc(-c2nnc(-c3nnc(-c4ccc(OC)cc4)s3)s2)cc1. The lowest BCUT2D eigenvalue weighted by atomic mass is 10.2. The molecular formula is C18H14N4O2S2. The van der Waals surface area contributed by atoms with Crippen molar-refractivity contribution in [3.05, 3.63) is 48.5 Å². The summed E-state index contributed by atoms with van der Waals surface area (Å²) in [7, 11) is 3.29. The quantitative estimate of drug-likeness (QED) is 0.509. The lowest BCUT2D eigenvalue weighted by Crippen LogP contribution is -1.82. The maximum absolute atomic E-state index is 5.18. The largest absolute Gasteiger partial charge is 0.497 e. The summed E-state index contributed by atoms with van der Waals surface area (Å²) in [5, 5.41) is 20.3. The smallest absolute Gasteiger partial charge is 0.178 e. The monoisotopic (exact) mass is 382 g/mol. The summed E-state index contributed by atoms with van der Waals surface area (Å²) in [4.78, 5) is 0. The molecule has 0 aliphatic carbocycles. The maximum atomic E-state index is 5.18. The van der Waals surface area contributed by atoms with E-state index in [1.54, 1.807) is 14.2 Å². The minimum Gasteiger partial charge on any atom is -0.497 e. The first-order valence-electron chi connectivity index (χ1n) is 7.73. The highest BCUT2D eigenvalue weighted by Crippen LogP contribution is 2.35. The van der Waals surface area contributed by atoms with Crippen LogP contribution in [0.2, 0.25) is 0 Å². The fraction of sp³-hybridized carbons (Fsp3) is 0.111. The van der Waals surface area contributed by atoms with E-state index < -0.39 is 0 Å². The molecule has 0 aliphatic rings. The maximum Gasteiger partial charge on any atom is 0.178 e. The molecule has 0 N–H and O–H groups in total. The molecule has 2 heterocycles. The normalized spacial score (nSPS) is 10.7. The Morgan fingerprint density at radius 1 is 0.538 bits per heavy atom. The molecule has 0 atom stereocenters. The summed E-state index contributed by atoms with van der Waals surface area (Å²) in [6, 6.07) is 15.5. The Hall–Kier alpha value is -2.84. The lowest BCUT2D eigenvalue weighted by Gasteiger charge is -1.99. The van der Waals surface area contributed by atoms with Gasteiger partial charge in [-0.05, 0) is 48.5 Å². The van der Waals surface area contributed by atoms with Crippen LogP contribution >= 0.6 is 22.7 Å². The fourth-order valence-electron chi connectivity index (χ4n) is 2.32. The second-order valence-electron chi connectivity index (χ2n) is 5.28. The van der Waals surface area contributed by atoms with Crippen molar-refractivity contribution in [1.82, 2.24) is 20.4 Å². The van der Waals surface area contributed by atoms with E-state index in [9.17, 15) is 0 Å². The molecular weight excluding hydrogens is 368 g/mol. The summed E-state index contributed by atoms with van der Waals surface area (Å²) in [5.74, 6) is 1.62. The topological polar surface area (TPSA) is 70.0 Å². The van der Waals surface area contributed by atoms with Crippen LogP contribution < -0.4 is 9.47 Å². The van der Waals surface area contributed by atoms with E-state index >= 15 is 0 Å². The number of hydrogen-bond donors (Lipinski definition) is 0. The number of ether oxygens (including phenoxy) is 2. The summed E-state index contributed by atoms with van der Waals surface area (Å²) >= 11 is 2.98. The third kappa shape index (κ3) is 3.29.